The van der Waals surface area contributed by atoms with Crippen LogP contribution in [0.15, 0.2) is 0 Å². The van der Waals surface area contributed by atoms with Crippen molar-refractivity contribution in [3.05, 3.63) is 0 Å². The first-order valence-electron chi connectivity index (χ1n) is 6.77. The fraction of sp³-hybridized carbons (Fsp3) is 0.923. The Balaban J connectivity index is 4.46. The molecule has 0 saturated heterocycles. The third-order valence-electron chi connectivity index (χ3n) is 3.15. The minimum Gasteiger partial charge on any atom is -0.481 e. The zero-order chi connectivity index (χ0) is 14.0. The van der Waals surface area contributed by atoms with Crippen LogP contribution in [0.25, 0.3) is 0 Å². The van der Waals surface area contributed by atoms with E-state index in [4.69, 9.17) is 15.6 Å². The second-order valence-electron chi connectivity index (χ2n) is 4.61. The molecule has 0 bridgehead atoms. The molecule has 5 heteroatoms. The quantitative estimate of drug-likeness (QED) is 0.507. The lowest BCUT2D eigenvalue weighted by Gasteiger charge is -2.29. The summed E-state index contributed by atoms with van der Waals surface area (Å²) in [5, 5.41) is 8.86. The topological polar surface area (TPSA) is 72.5 Å². The summed E-state index contributed by atoms with van der Waals surface area (Å²) in [7, 11) is 0. The first-order chi connectivity index (χ1) is 8.58. The highest BCUT2D eigenvalue weighted by Crippen LogP contribution is 2.22. The van der Waals surface area contributed by atoms with Gasteiger partial charge in [-0.25, -0.2) is 0 Å². The van der Waals surface area contributed by atoms with Crippen LogP contribution in [-0.2, 0) is 9.53 Å². The lowest BCUT2D eigenvalue weighted by Crippen LogP contribution is -2.33. The molecule has 0 aromatic carbocycles. The maximum absolute atomic E-state index is 10.8. The van der Waals surface area contributed by atoms with Gasteiger partial charge < -0.3 is 15.6 Å². The van der Waals surface area contributed by atoms with Crippen molar-refractivity contribution in [3.63, 3.8) is 0 Å². The van der Waals surface area contributed by atoms with Crippen molar-refractivity contribution in [3.8, 4) is 0 Å². The lowest BCUT2D eigenvalue weighted by molar-refractivity contribution is -0.142. The Morgan fingerprint density at radius 2 is 2.06 bits per heavy atom. The van der Waals surface area contributed by atoms with Gasteiger partial charge in [-0.15, -0.1) is 0 Å². The molecule has 3 atom stereocenters. The Morgan fingerprint density at radius 3 is 2.44 bits per heavy atom. The molecule has 0 amide bonds. The van der Waals surface area contributed by atoms with Crippen molar-refractivity contribution in [2.75, 3.05) is 12.3 Å². The van der Waals surface area contributed by atoms with Gasteiger partial charge in [0.05, 0.1) is 18.6 Å². The van der Waals surface area contributed by atoms with Gasteiger partial charge in [-0.1, -0.05) is 26.7 Å². The van der Waals surface area contributed by atoms with Crippen molar-refractivity contribution in [2.24, 2.45) is 11.7 Å². The van der Waals surface area contributed by atoms with E-state index in [2.05, 4.69) is 26.5 Å². The highest BCUT2D eigenvalue weighted by Gasteiger charge is 2.23. The van der Waals surface area contributed by atoms with Crippen molar-refractivity contribution in [1.29, 1.82) is 0 Å². The number of rotatable bonds is 11. The summed E-state index contributed by atoms with van der Waals surface area (Å²) in [5.74, 6) is 0.232. The van der Waals surface area contributed by atoms with Crippen LogP contribution in [0.2, 0.25) is 0 Å². The van der Waals surface area contributed by atoms with E-state index < -0.39 is 5.97 Å². The summed E-state index contributed by atoms with van der Waals surface area (Å²) in [6.07, 6.45) is 3.55. The Bertz CT molecular complexity index is 226. The summed E-state index contributed by atoms with van der Waals surface area (Å²) in [6.45, 7) is 4.73. The minimum atomic E-state index is -0.838. The molecule has 108 valence electrons. The first kappa shape index (κ1) is 17.7. The fourth-order valence-corrected chi connectivity index (χ4v) is 2.56. The number of hydrogen-bond donors (Lipinski definition) is 3. The Morgan fingerprint density at radius 1 is 1.39 bits per heavy atom. The van der Waals surface area contributed by atoms with Gasteiger partial charge >= 0.3 is 5.97 Å². The van der Waals surface area contributed by atoms with Gasteiger partial charge in [-0.3, -0.25) is 4.79 Å². The molecule has 18 heavy (non-hydrogen) atoms. The molecule has 0 heterocycles. The molecule has 0 rings (SSSR count). The Hall–Kier alpha value is -0.260. The molecule has 0 aliphatic heterocycles. The number of thiol groups is 1. The highest BCUT2D eigenvalue weighted by atomic mass is 32.1. The monoisotopic (exact) mass is 277 g/mol. The van der Waals surface area contributed by atoms with Crippen molar-refractivity contribution in [2.45, 2.75) is 58.2 Å². The fourth-order valence-electron chi connectivity index (χ4n) is 2.17. The van der Waals surface area contributed by atoms with Crippen LogP contribution < -0.4 is 5.73 Å². The molecular formula is C13H27NO3S. The van der Waals surface area contributed by atoms with Crippen LogP contribution >= 0.6 is 12.6 Å². The van der Waals surface area contributed by atoms with Crippen LogP contribution in [0.5, 0.6) is 0 Å². The van der Waals surface area contributed by atoms with Gasteiger partial charge in [0.15, 0.2) is 0 Å². The molecule has 0 aliphatic rings. The maximum Gasteiger partial charge on any atom is 0.305 e. The standard InChI is InChI=1S/C13H27NO3S/c1-3-5-10(4-2)12(9-18)17-11(6-7-14)8-13(15)16/h10-12,18H,3-9,14H2,1-2H3,(H,15,16)/t10-,11+,12?/m1/s1. The van der Waals surface area contributed by atoms with Gasteiger partial charge in [0.2, 0.25) is 0 Å². The molecule has 1 unspecified atom stereocenters. The van der Waals surface area contributed by atoms with E-state index in [0.717, 1.165) is 19.3 Å². The van der Waals surface area contributed by atoms with Crippen LogP contribution in [-0.4, -0.2) is 35.6 Å². The third-order valence-corrected chi connectivity index (χ3v) is 3.51. The molecule has 3 N–H and O–H groups in total. The number of carboxylic acid groups (broad SMARTS) is 1. The maximum atomic E-state index is 10.8. The van der Waals surface area contributed by atoms with Crippen LogP contribution in [0.1, 0.15) is 46.0 Å². The highest BCUT2D eigenvalue weighted by molar-refractivity contribution is 7.80. The molecule has 0 spiro atoms. The van der Waals surface area contributed by atoms with Gasteiger partial charge in [0.25, 0.3) is 0 Å². The zero-order valence-electron chi connectivity index (χ0n) is 11.5. The molecular weight excluding hydrogens is 250 g/mol. The second-order valence-corrected chi connectivity index (χ2v) is 4.98. The number of carbonyl (C=O) groups is 1. The number of aliphatic carboxylic acids is 1. The van der Waals surface area contributed by atoms with Crippen molar-refractivity contribution < 1.29 is 14.6 Å². The van der Waals surface area contributed by atoms with E-state index in [-0.39, 0.29) is 18.6 Å². The van der Waals surface area contributed by atoms with Crippen molar-refractivity contribution >= 4 is 18.6 Å². The average Bonchev–Trinajstić information content (AvgIpc) is 2.32. The predicted octanol–water partition coefficient (Wildman–Crippen LogP) is 2.32. The molecule has 0 aromatic rings. The molecule has 0 fully saturated rings. The number of nitrogens with two attached hydrogens (primary N) is 1. The van der Waals surface area contributed by atoms with Crippen LogP contribution in [0.3, 0.4) is 0 Å². The van der Waals surface area contributed by atoms with E-state index in [9.17, 15) is 4.79 Å². The molecule has 0 aliphatic carbocycles. The second kappa shape index (κ2) is 10.6. The molecule has 4 nitrogen and oxygen atoms in total. The van der Waals surface area contributed by atoms with E-state index in [1.807, 2.05) is 0 Å². The van der Waals surface area contributed by atoms with Gasteiger partial charge in [0.1, 0.15) is 0 Å². The van der Waals surface area contributed by atoms with E-state index in [1.165, 1.54) is 0 Å². The number of hydrogen-bond acceptors (Lipinski definition) is 4. The average molecular weight is 277 g/mol. The van der Waals surface area contributed by atoms with E-state index in [1.54, 1.807) is 0 Å². The normalized spacial score (nSPS) is 16.2. The first-order valence-corrected chi connectivity index (χ1v) is 7.40. The predicted molar refractivity (Wildman–Crippen MR) is 77.1 cm³/mol. The lowest BCUT2D eigenvalue weighted by atomic mass is 9.95. The molecule has 0 aromatic heterocycles. The molecule has 0 radical (unpaired) electrons. The van der Waals surface area contributed by atoms with Gasteiger partial charge in [-0.05, 0) is 25.3 Å². The Labute approximate surface area is 116 Å². The Kier molecular flexibility index (Phi) is 10.5. The smallest absolute Gasteiger partial charge is 0.305 e. The SMILES string of the molecule is CCC[C@@H](CC)C(CS)O[C@@H](CCN)CC(=O)O. The summed E-state index contributed by atoms with van der Waals surface area (Å²) in [5.41, 5.74) is 5.50. The summed E-state index contributed by atoms with van der Waals surface area (Å²) < 4.78 is 5.92. The summed E-state index contributed by atoms with van der Waals surface area (Å²) >= 11 is 4.33. The van der Waals surface area contributed by atoms with E-state index >= 15 is 0 Å². The summed E-state index contributed by atoms with van der Waals surface area (Å²) in [6, 6.07) is 0. The summed E-state index contributed by atoms with van der Waals surface area (Å²) in [4.78, 5) is 10.8. The molecule has 0 saturated carbocycles. The minimum absolute atomic E-state index is 0.0179. The third kappa shape index (κ3) is 7.24. The van der Waals surface area contributed by atoms with Crippen LogP contribution in [0, 0.1) is 5.92 Å². The van der Waals surface area contributed by atoms with Gasteiger partial charge in [0, 0.05) is 5.75 Å². The number of carboxylic acids is 1. The largest absolute Gasteiger partial charge is 0.481 e. The van der Waals surface area contributed by atoms with Gasteiger partial charge in [-0.2, -0.15) is 12.6 Å². The zero-order valence-corrected chi connectivity index (χ0v) is 12.4. The van der Waals surface area contributed by atoms with Crippen molar-refractivity contribution in [1.82, 2.24) is 0 Å². The van der Waals surface area contributed by atoms with Crippen LogP contribution in [0.4, 0.5) is 0 Å². The van der Waals surface area contributed by atoms with E-state index in [0.29, 0.717) is 24.6 Å². The number of ether oxygens (including phenoxy) is 1.